The Morgan fingerprint density at radius 3 is 2.50 bits per heavy atom. The number of rotatable bonds is 7. The molecule has 0 radical (unpaired) electrons. The van der Waals surface area contributed by atoms with Gasteiger partial charge in [-0.2, -0.15) is 0 Å². The van der Waals surface area contributed by atoms with Crippen molar-refractivity contribution in [2.75, 3.05) is 19.6 Å². The Kier molecular flexibility index (Phi) is 9.45. The van der Waals surface area contributed by atoms with Crippen LogP contribution in [0.3, 0.4) is 0 Å². The van der Waals surface area contributed by atoms with Gasteiger partial charge < -0.3 is 15.0 Å². The molecule has 1 aliphatic heterocycles. The van der Waals surface area contributed by atoms with Crippen LogP contribution in [0.25, 0.3) is 0 Å². The molecule has 1 atom stereocenters. The van der Waals surface area contributed by atoms with Gasteiger partial charge in [0.15, 0.2) is 6.10 Å². The van der Waals surface area contributed by atoms with Crippen molar-refractivity contribution in [3.05, 3.63) is 29.3 Å². The van der Waals surface area contributed by atoms with E-state index in [4.69, 9.17) is 4.74 Å². The van der Waals surface area contributed by atoms with Crippen LogP contribution < -0.4 is 10.1 Å². The Bertz CT molecular complexity index is 571. The number of aryl methyl sites for hydroxylation is 1. The molecule has 1 aromatic rings. The molecule has 1 amide bonds. The maximum absolute atomic E-state index is 13.1. The highest BCUT2D eigenvalue weighted by atomic mass is 35.5. The van der Waals surface area contributed by atoms with E-state index in [0.717, 1.165) is 55.8 Å². The first-order valence-corrected chi connectivity index (χ1v) is 9.72. The Morgan fingerprint density at radius 2 is 1.92 bits per heavy atom. The average Bonchev–Trinajstić information content (AvgIpc) is 2.59. The summed E-state index contributed by atoms with van der Waals surface area (Å²) >= 11 is 0. The smallest absolute Gasteiger partial charge is 0.263 e. The summed E-state index contributed by atoms with van der Waals surface area (Å²) in [6, 6.07) is 6.60. The first-order valence-electron chi connectivity index (χ1n) is 9.72. The molecule has 2 rings (SSSR count). The van der Waals surface area contributed by atoms with Gasteiger partial charge in [0, 0.05) is 12.6 Å². The average molecular weight is 383 g/mol. The Balaban J connectivity index is 0.00000338. The number of hydrogen-bond donors (Lipinski definition) is 1. The number of halogens is 1. The zero-order chi connectivity index (χ0) is 18.4. The zero-order valence-corrected chi connectivity index (χ0v) is 17.7. The molecule has 1 aliphatic rings. The molecule has 26 heavy (non-hydrogen) atoms. The molecular formula is C21H35ClN2O2. The molecular weight excluding hydrogens is 348 g/mol. The van der Waals surface area contributed by atoms with Crippen molar-refractivity contribution in [1.29, 1.82) is 0 Å². The van der Waals surface area contributed by atoms with E-state index in [9.17, 15) is 4.79 Å². The monoisotopic (exact) mass is 382 g/mol. The number of carbonyl (C=O) groups excluding carboxylic acids is 1. The minimum Gasteiger partial charge on any atom is -0.481 e. The maximum Gasteiger partial charge on any atom is 0.263 e. The molecule has 1 aromatic carbocycles. The fourth-order valence-corrected chi connectivity index (χ4v) is 3.53. The second-order valence-electron chi connectivity index (χ2n) is 7.47. The van der Waals surface area contributed by atoms with Crippen LogP contribution in [0.1, 0.15) is 64.0 Å². The molecule has 4 nitrogen and oxygen atoms in total. The van der Waals surface area contributed by atoms with Crippen LogP contribution in [0.15, 0.2) is 18.2 Å². The molecule has 0 saturated carbocycles. The van der Waals surface area contributed by atoms with Crippen LogP contribution >= 0.6 is 12.4 Å². The number of benzene rings is 1. The predicted octanol–water partition coefficient (Wildman–Crippen LogP) is 4.30. The van der Waals surface area contributed by atoms with Gasteiger partial charge in [-0.05, 0) is 69.3 Å². The number of amides is 1. The summed E-state index contributed by atoms with van der Waals surface area (Å²) in [5, 5.41) is 3.38. The lowest BCUT2D eigenvalue weighted by atomic mass is 10.0. The maximum atomic E-state index is 13.1. The number of ether oxygens (including phenoxy) is 1. The highest BCUT2D eigenvalue weighted by Gasteiger charge is 2.29. The number of carbonyl (C=O) groups is 1. The Morgan fingerprint density at radius 1 is 1.27 bits per heavy atom. The summed E-state index contributed by atoms with van der Waals surface area (Å²) in [5.41, 5.74) is 2.32. The van der Waals surface area contributed by atoms with E-state index < -0.39 is 6.10 Å². The van der Waals surface area contributed by atoms with Gasteiger partial charge >= 0.3 is 0 Å². The van der Waals surface area contributed by atoms with Crippen molar-refractivity contribution in [2.45, 2.75) is 71.9 Å². The molecule has 1 saturated heterocycles. The van der Waals surface area contributed by atoms with E-state index in [1.54, 1.807) is 0 Å². The normalized spacial score (nSPS) is 16.1. The van der Waals surface area contributed by atoms with Gasteiger partial charge in [-0.15, -0.1) is 12.4 Å². The van der Waals surface area contributed by atoms with E-state index in [0.29, 0.717) is 12.0 Å². The molecule has 0 aromatic heterocycles. The van der Waals surface area contributed by atoms with Gasteiger partial charge in [0.25, 0.3) is 5.91 Å². The van der Waals surface area contributed by atoms with E-state index in [1.807, 2.05) is 13.0 Å². The van der Waals surface area contributed by atoms with Crippen LogP contribution in [0.2, 0.25) is 0 Å². The summed E-state index contributed by atoms with van der Waals surface area (Å²) in [5.74, 6) is 1.33. The lowest BCUT2D eigenvalue weighted by Gasteiger charge is -2.36. The first-order chi connectivity index (χ1) is 11.9. The molecule has 148 valence electrons. The van der Waals surface area contributed by atoms with Gasteiger partial charge in [-0.25, -0.2) is 0 Å². The van der Waals surface area contributed by atoms with E-state index >= 15 is 0 Å². The molecule has 1 unspecified atom stereocenters. The lowest BCUT2D eigenvalue weighted by molar-refractivity contribution is -0.141. The van der Waals surface area contributed by atoms with Crippen molar-refractivity contribution >= 4 is 18.3 Å². The number of hydrogen-bond acceptors (Lipinski definition) is 3. The highest BCUT2D eigenvalue weighted by Crippen LogP contribution is 2.29. The Hall–Kier alpha value is -1.26. The first kappa shape index (κ1) is 22.8. The second-order valence-corrected chi connectivity index (χ2v) is 7.47. The van der Waals surface area contributed by atoms with Crippen molar-refractivity contribution in [2.24, 2.45) is 0 Å². The molecule has 5 heteroatoms. The zero-order valence-electron chi connectivity index (χ0n) is 16.9. The number of nitrogens with one attached hydrogen (secondary N) is 1. The minimum absolute atomic E-state index is 0. The third kappa shape index (κ3) is 5.88. The summed E-state index contributed by atoms with van der Waals surface area (Å²) < 4.78 is 6.16. The van der Waals surface area contributed by atoms with Crippen LogP contribution in [-0.4, -0.2) is 42.6 Å². The topological polar surface area (TPSA) is 41.6 Å². The van der Waals surface area contributed by atoms with E-state index in [-0.39, 0.29) is 18.3 Å². The second kappa shape index (κ2) is 10.8. The van der Waals surface area contributed by atoms with Crippen molar-refractivity contribution in [3.63, 3.8) is 0 Å². The molecule has 1 fully saturated rings. The summed E-state index contributed by atoms with van der Waals surface area (Å²) in [7, 11) is 0. The van der Waals surface area contributed by atoms with Gasteiger partial charge in [-0.1, -0.05) is 32.9 Å². The van der Waals surface area contributed by atoms with Gasteiger partial charge in [0.1, 0.15) is 5.75 Å². The van der Waals surface area contributed by atoms with E-state index in [1.165, 1.54) is 0 Å². The van der Waals surface area contributed by atoms with Gasteiger partial charge in [-0.3, -0.25) is 4.79 Å². The van der Waals surface area contributed by atoms with Crippen LogP contribution in [0, 0.1) is 6.92 Å². The SMILES string of the molecule is CCCN(C(=O)C(C)Oc1cc(C)ccc1C(C)C)C1CCNCC1.Cl. The highest BCUT2D eigenvalue weighted by molar-refractivity contribution is 5.85. The number of nitrogens with zero attached hydrogens (tertiary/aromatic N) is 1. The molecule has 0 bridgehead atoms. The summed E-state index contributed by atoms with van der Waals surface area (Å²) in [4.78, 5) is 15.1. The summed E-state index contributed by atoms with van der Waals surface area (Å²) in [6.07, 6.45) is 2.57. The standard InChI is InChI=1S/C21H34N2O2.ClH/c1-6-13-23(18-9-11-22-12-10-18)21(24)17(5)25-20-14-16(4)7-8-19(20)15(2)3;/h7-8,14-15,17-18,22H,6,9-13H2,1-5H3;1H. The van der Waals surface area contributed by atoms with Crippen molar-refractivity contribution < 1.29 is 9.53 Å². The molecule has 1 heterocycles. The Labute approximate surface area is 165 Å². The van der Waals surface area contributed by atoms with Crippen LogP contribution in [0.4, 0.5) is 0 Å². The third-order valence-electron chi connectivity index (χ3n) is 4.94. The van der Waals surface area contributed by atoms with Gasteiger partial charge in [0.2, 0.25) is 0 Å². The largest absolute Gasteiger partial charge is 0.481 e. The molecule has 0 aliphatic carbocycles. The quantitative estimate of drug-likeness (QED) is 0.764. The van der Waals surface area contributed by atoms with E-state index in [2.05, 4.69) is 50.0 Å². The molecule has 0 spiro atoms. The third-order valence-corrected chi connectivity index (χ3v) is 4.94. The van der Waals surface area contributed by atoms with Crippen LogP contribution in [0.5, 0.6) is 5.75 Å². The molecule has 1 N–H and O–H groups in total. The van der Waals surface area contributed by atoms with Crippen LogP contribution in [-0.2, 0) is 4.79 Å². The fraction of sp³-hybridized carbons (Fsp3) is 0.667. The van der Waals surface area contributed by atoms with Crippen molar-refractivity contribution in [1.82, 2.24) is 10.2 Å². The predicted molar refractivity (Wildman–Crippen MR) is 111 cm³/mol. The fourth-order valence-electron chi connectivity index (χ4n) is 3.53. The minimum atomic E-state index is -0.458. The van der Waals surface area contributed by atoms with Crippen molar-refractivity contribution in [3.8, 4) is 5.75 Å². The lowest BCUT2D eigenvalue weighted by Crippen LogP contribution is -2.50. The number of piperidine rings is 1. The van der Waals surface area contributed by atoms with Gasteiger partial charge in [0.05, 0.1) is 0 Å². The summed E-state index contributed by atoms with van der Waals surface area (Å²) in [6.45, 7) is 13.2.